The molecule has 0 aliphatic rings. The molecule has 0 fully saturated rings. The van der Waals surface area contributed by atoms with Crippen molar-refractivity contribution in [3.05, 3.63) is 48.0 Å². The fourth-order valence-corrected chi connectivity index (χ4v) is 4.42. The van der Waals surface area contributed by atoms with Crippen molar-refractivity contribution < 1.29 is 4.79 Å². The number of ketones is 1. The Morgan fingerprint density at radius 2 is 1.61 bits per heavy atom. The van der Waals surface area contributed by atoms with Gasteiger partial charge in [-0.3, -0.25) is 4.79 Å². The highest BCUT2D eigenvalue weighted by molar-refractivity contribution is 7.96. The van der Waals surface area contributed by atoms with Crippen LogP contribution in [0.1, 0.15) is 55.8 Å². The highest BCUT2D eigenvalue weighted by Crippen LogP contribution is 2.19. The number of hydrogen-bond acceptors (Lipinski definition) is 1. The lowest BCUT2D eigenvalue weighted by molar-refractivity contribution is 0.102. The Morgan fingerprint density at radius 3 is 2.43 bits per heavy atom. The van der Waals surface area contributed by atoms with Crippen molar-refractivity contribution in [1.29, 1.82) is 0 Å². The number of Topliss-reactive ketones (excluding diaryl/α,β-unsaturated/α-hetero) is 1. The van der Waals surface area contributed by atoms with E-state index in [1.807, 2.05) is 24.3 Å². The van der Waals surface area contributed by atoms with Gasteiger partial charge in [-0.05, 0) is 34.5 Å². The van der Waals surface area contributed by atoms with Crippen molar-refractivity contribution >= 4 is 27.5 Å². The van der Waals surface area contributed by atoms with E-state index in [-0.39, 0.29) is 10.9 Å². The van der Waals surface area contributed by atoms with Crippen molar-refractivity contribution in [3.63, 3.8) is 0 Å². The average molecular weight is 330 g/mol. The van der Waals surface area contributed by atoms with E-state index >= 15 is 0 Å². The van der Waals surface area contributed by atoms with E-state index in [9.17, 15) is 4.79 Å². The summed E-state index contributed by atoms with van der Waals surface area (Å²) in [5, 5.41) is 2.25. The molecule has 0 aliphatic heterocycles. The second-order valence-corrected chi connectivity index (χ2v) is 8.61. The normalized spacial score (nSPS) is 12.4. The van der Waals surface area contributed by atoms with Gasteiger partial charge >= 0.3 is 0 Å². The molecule has 0 saturated carbocycles. The molecule has 0 aromatic heterocycles. The van der Waals surface area contributed by atoms with Crippen LogP contribution in [-0.4, -0.2) is 23.5 Å². The topological polar surface area (TPSA) is 17.1 Å². The Bertz CT molecular complexity index is 615. The molecule has 23 heavy (non-hydrogen) atoms. The largest absolute Gasteiger partial charge is 0.289 e. The number of fused-ring (bicyclic) bond motifs is 1. The SMILES string of the molecule is CCCCCCCC[S+](C)CC(=O)c1cccc2ccccc12. The number of rotatable bonds is 10. The van der Waals surface area contributed by atoms with Crippen LogP contribution in [0.15, 0.2) is 42.5 Å². The number of hydrogen-bond donors (Lipinski definition) is 0. The van der Waals surface area contributed by atoms with Gasteiger partial charge in [0.1, 0.15) is 5.75 Å². The summed E-state index contributed by atoms with van der Waals surface area (Å²) in [4.78, 5) is 12.7. The van der Waals surface area contributed by atoms with E-state index in [1.165, 1.54) is 44.3 Å². The monoisotopic (exact) mass is 329 g/mol. The van der Waals surface area contributed by atoms with Gasteiger partial charge in [0.25, 0.3) is 0 Å². The van der Waals surface area contributed by atoms with Crippen molar-refractivity contribution in [2.24, 2.45) is 0 Å². The molecule has 2 aromatic rings. The van der Waals surface area contributed by atoms with Crippen LogP contribution < -0.4 is 0 Å². The van der Waals surface area contributed by atoms with Gasteiger partial charge < -0.3 is 0 Å². The van der Waals surface area contributed by atoms with Crippen LogP contribution in [0, 0.1) is 0 Å². The highest BCUT2D eigenvalue weighted by Gasteiger charge is 2.19. The quantitative estimate of drug-likeness (QED) is 0.313. The Kier molecular flexibility index (Phi) is 7.67. The molecule has 0 radical (unpaired) electrons. The molecule has 124 valence electrons. The summed E-state index contributed by atoms with van der Waals surface area (Å²) in [6.07, 6.45) is 10.2. The van der Waals surface area contributed by atoms with Gasteiger partial charge in [0.05, 0.1) is 6.26 Å². The van der Waals surface area contributed by atoms with Crippen LogP contribution in [0.4, 0.5) is 0 Å². The van der Waals surface area contributed by atoms with E-state index < -0.39 is 0 Å². The smallest absolute Gasteiger partial charge is 0.212 e. The Balaban J connectivity index is 1.83. The first kappa shape index (κ1) is 18.1. The molecule has 2 aromatic carbocycles. The number of unbranched alkanes of at least 4 members (excludes halogenated alkanes) is 5. The van der Waals surface area contributed by atoms with Crippen LogP contribution in [0.2, 0.25) is 0 Å². The summed E-state index contributed by atoms with van der Waals surface area (Å²) in [6.45, 7) is 2.25. The molecule has 0 heterocycles. The van der Waals surface area contributed by atoms with Gasteiger partial charge in [-0.15, -0.1) is 0 Å². The maximum Gasteiger partial charge on any atom is 0.212 e. The van der Waals surface area contributed by atoms with Gasteiger partial charge in [0.2, 0.25) is 5.78 Å². The fourth-order valence-electron chi connectivity index (χ4n) is 2.97. The minimum absolute atomic E-state index is 0.200. The van der Waals surface area contributed by atoms with E-state index in [4.69, 9.17) is 0 Å². The van der Waals surface area contributed by atoms with Crippen LogP contribution in [0.3, 0.4) is 0 Å². The summed E-state index contributed by atoms with van der Waals surface area (Å²) in [5.74, 6) is 2.20. The zero-order chi connectivity index (χ0) is 16.5. The molecule has 2 heteroatoms. The lowest BCUT2D eigenvalue weighted by atomic mass is 10.0. The molecule has 1 nitrogen and oxygen atoms in total. The van der Waals surface area contributed by atoms with E-state index in [1.54, 1.807) is 0 Å². The molecular weight excluding hydrogens is 300 g/mol. The maximum absolute atomic E-state index is 12.7. The Labute approximate surface area is 143 Å². The molecule has 1 unspecified atom stereocenters. The Morgan fingerprint density at radius 1 is 0.913 bits per heavy atom. The predicted octanol–water partition coefficient (Wildman–Crippen LogP) is 5.63. The van der Waals surface area contributed by atoms with Crippen LogP contribution in [-0.2, 0) is 10.9 Å². The van der Waals surface area contributed by atoms with E-state index in [0.717, 1.165) is 16.3 Å². The maximum atomic E-state index is 12.7. The molecule has 0 N–H and O–H groups in total. The van der Waals surface area contributed by atoms with Crippen LogP contribution >= 0.6 is 0 Å². The summed E-state index contributed by atoms with van der Waals surface area (Å²) >= 11 is 0. The zero-order valence-electron chi connectivity index (χ0n) is 14.5. The summed E-state index contributed by atoms with van der Waals surface area (Å²) in [5.41, 5.74) is 0.894. The molecule has 0 aliphatic carbocycles. The predicted molar refractivity (Wildman–Crippen MR) is 105 cm³/mol. The molecule has 2 rings (SSSR count). The Hall–Kier alpha value is -1.28. The van der Waals surface area contributed by atoms with Crippen molar-refractivity contribution in [2.45, 2.75) is 45.4 Å². The third kappa shape index (κ3) is 5.69. The second-order valence-electron chi connectivity index (χ2n) is 6.35. The summed E-state index contributed by atoms with van der Waals surface area (Å²) < 4.78 is 0. The van der Waals surface area contributed by atoms with Gasteiger partial charge in [-0.25, -0.2) is 0 Å². The zero-order valence-corrected chi connectivity index (χ0v) is 15.3. The van der Waals surface area contributed by atoms with E-state index in [2.05, 4.69) is 31.4 Å². The minimum atomic E-state index is 0.200. The van der Waals surface area contributed by atoms with Crippen molar-refractivity contribution in [2.75, 3.05) is 17.8 Å². The van der Waals surface area contributed by atoms with Crippen molar-refractivity contribution in [1.82, 2.24) is 0 Å². The van der Waals surface area contributed by atoms with Gasteiger partial charge in [0.15, 0.2) is 5.75 Å². The second kappa shape index (κ2) is 9.77. The standard InChI is InChI=1S/C21H29OS/c1-3-4-5-6-7-10-16-23(2)17-21(22)20-15-11-13-18-12-8-9-14-19(18)20/h8-9,11-15H,3-7,10,16-17H2,1-2H3/q+1. The number of carbonyl (C=O) groups is 1. The molecule has 0 bridgehead atoms. The first-order valence-corrected chi connectivity index (χ1v) is 10.8. The highest BCUT2D eigenvalue weighted by atomic mass is 32.2. The molecule has 1 atom stereocenters. The van der Waals surface area contributed by atoms with Gasteiger partial charge in [0, 0.05) is 5.56 Å². The summed E-state index contributed by atoms with van der Waals surface area (Å²) in [6, 6.07) is 14.2. The van der Waals surface area contributed by atoms with Gasteiger partial charge in [-0.1, -0.05) is 75.1 Å². The molecular formula is C21H29OS+. The molecule has 0 spiro atoms. The third-order valence-electron chi connectivity index (χ3n) is 4.31. The average Bonchev–Trinajstić information content (AvgIpc) is 2.57. The van der Waals surface area contributed by atoms with Crippen LogP contribution in [0.25, 0.3) is 10.8 Å². The number of benzene rings is 2. The summed E-state index contributed by atoms with van der Waals surface area (Å²) in [7, 11) is 0.200. The first-order chi connectivity index (χ1) is 11.2. The molecule has 0 saturated heterocycles. The molecule has 0 amide bonds. The van der Waals surface area contributed by atoms with E-state index in [0.29, 0.717) is 11.5 Å². The van der Waals surface area contributed by atoms with Crippen molar-refractivity contribution in [3.8, 4) is 0 Å². The third-order valence-corrected chi connectivity index (χ3v) is 6.05. The number of carbonyl (C=O) groups excluding carboxylic acids is 1. The minimum Gasteiger partial charge on any atom is -0.289 e. The lowest BCUT2D eigenvalue weighted by Crippen LogP contribution is -2.18. The lowest BCUT2D eigenvalue weighted by Gasteiger charge is -2.06. The first-order valence-electron chi connectivity index (χ1n) is 8.82. The van der Waals surface area contributed by atoms with Crippen LogP contribution in [0.5, 0.6) is 0 Å². The fraction of sp³-hybridized carbons (Fsp3) is 0.476. The van der Waals surface area contributed by atoms with Gasteiger partial charge in [-0.2, -0.15) is 0 Å².